The monoisotopic (exact) mass is 344 g/mol. The van der Waals surface area contributed by atoms with Crippen LogP contribution in [0.15, 0.2) is 59.5 Å². The van der Waals surface area contributed by atoms with E-state index in [-0.39, 0.29) is 12.1 Å². The number of rotatable bonds is 6. The van der Waals surface area contributed by atoms with Crippen LogP contribution in [-0.2, 0) is 16.6 Å². The summed E-state index contributed by atoms with van der Waals surface area (Å²) in [6.45, 7) is 2.71. The first kappa shape index (κ1) is 17.1. The van der Waals surface area contributed by atoms with Gasteiger partial charge in [-0.1, -0.05) is 54.4 Å². The summed E-state index contributed by atoms with van der Waals surface area (Å²) in [7, 11) is -3.47. The molecule has 0 heterocycles. The van der Waals surface area contributed by atoms with Crippen LogP contribution in [0.1, 0.15) is 30.4 Å². The Labute approximate surface area is 144 Å². The molecule has 0 spiro atoms. The molecule has 2 N–H and O–H groups in total. The van der Waals surface area contributed by atoms with E-state index >= 15 is 0 Å². The number of hydrogen-bond acceptors (Lipinski definition) is 3. The van der Waals surface area contributed by atoms with Gasteiger partial charge in [0.15, 0.2) is 0 Å². The fraction of sp³-hybridized carbons (Fsp3) is 0.368. The molecule has 1 aliphatic carbocycles. The Kier molecular flexibility index (Phi) is 5.33. The lowest BCUT2D eigenvalue weighted by Crippen LogP contribution is -2.46. The fourth-order valence-corrected chi connectivity index (χ4v) is 4.49. The summed E-state index contributed by atoms with van der Waals surface area (Å²) in [6, 6.07) is 17.3. The number of hydrogen-bond donors (Lipinski definition) is 2. The van der Waals surface area contributed by atoms with Crippen LogP contribution in [-0.4, -0.2) is 20.5 Å². The van der Waals surface area contributed by atoms with Crippen LogP contribution < -0.4 is 10.0 Å². The van der Waals surface area contributed by atoms with Crippen molar-refractivity contribution in [3.63, 3.8) is 0 Å². The first-order valence-electron chi connectivity index (χ1n) is 8.41. The third-order valence-electron chi connectivity index (χ3n) is 4.56. The van der Waals surface area contributed by atoms with E-state index in [9.17, 15) is 8.42 Å². The number of aryl methyl sites for hydroxylation is 1. The number of sulfonamides is 1. The lowest BCUT2D eigenvalue weighted by atomic mass is 10.1. The van der Waals surface area contributed by atoms with Crippen LogP contribution in [0.2, 0.25) is 0 Å². The summed E-state index contributed by atoms with van der Waals surface area (Å²) in [5, 5.41) is 3.50. The highest BCUT2D eigenvalue weighted by molar-refractivity contribution is 7.89. The second kappa shape index (κ2) is 7.47. The smallest absolute Gasteiger partial charge is 0.240 e. The van der Waals surface area contributed by atoms with Crippen molar-refractivity contribution >= 4 is 10.0 Å². The van der Waals surface area contributed by atoms with Crippen LogP contribution in [0.5, 0.6) is 0 Å². The second-order valence-electron chi connectivity index (χ2n) is 6.44. The summed E-state index contributed by atoms with van der Waals surface area (Å²) in [5.41, 5.74) is 2.27. The predicted octanol–water partition coefficient (Wildman–Crippen LogP) is 2.98. The van der Waals surface area contributed by atoms with E-state index in [0.717, 1.165) is 31.4 Å². The van der Waals surface area contributed by atoms with Gasteiger partial charge in [0.25, 0.3) is 0 Å². The SMILES string of the molecule is Cc1ccc(S(=O)(=O)N[C@H]2CCC[C@@H]2NCc2ccccc2)cc1. The van der Waals surface area contributed by atoms with Gasteiger partial charge in [-0.15, -0.1) is 0 Å². The first-order chi connectivity index (χ1) is 11.5. The van der Waals surface area contributed by atoms with Gasteiger partial charge in [0.05, 0.1) is 4.90 Å². The first-order valence-corrected chi connectivity index (χ1v) is 9.89. The van der Waals surface area contributed by atoms with Crippen LogP contribution in [0.25, 0.3) is 0 Å². The van der Waals surface area contributed by atoms with Crippen molar-refractivity contribution in [2.24, 2.45) is 0 Å². The Bertz CT molecular complexity index is 758. The predicted molar refractivity (Wildman–Crippen MR) is 96.2 cm³/mol. The molecule has 1 aliphatic rings. The minimum atomic E-state index is -3.47. The van der Waals surface area contributed by atoms with Crippen molar-refractivity contribution in [3.8, 4) is 0 Å². The molecule has 2 aromatic carbocycles. The molecule has 2 aromatic rings. The largest absolute Gasteiger partial charge is 0.308 e. The molecule has 5 heteroatoms. The van der Waals surface area contributed by atoms with Gasteiger partial charge in [0.1, 0.15) is 0 Å². The number of nitrogens with one attached hydrogen (secondary N) is 2. The maximum absolute atomic E-state index is 12.6. The van der Waals surface area contributed by atoms with E-state index in [1.807, 2.05) is 37.3 Å². The highest BCUT2D eigenvalue weighted by atomic mass is 32.2. The van der Waals surface area contributed by atoms with Crippen LogP contribution in [0, 0.1) is 6.92 Å². The molecule has 0 saturated heterocycles. The average molecular weight is 344 g/mol. The second-order valence-corrected chi connectivity index (χ2v) is 8.16. The molecular formula is C19H24N2O2S. The van der Waals surface area contributed by atoms with Crippen molar-refractivity contribution in [1.29, 1.82) is 0 Å². The molecule has 0 amide bonds. The Morgan fingerprint density at radius 1 is 0.958 bits per heavy atom. The molecule has 24 heavy (non-hydrogen) atoms. The lowest BCUT2D eigenvalue weighted by Gasteiger charge is -2.22. The molecule has 0 aromatic heterocycles. The Morgan fingerprint density at radius 3 is 2.33 bits per heavy atom. The van der Waals surface area contributed by atoms with Crippen molar-refractivity contribution in [1.82, 2.24) is 10.0 Å². The molecule has 4 nitrogen and oxygen atoms in total. The van der Waals surface area contributed by atoms with Gasteiger partial charge < -0.3 is 5.32 Å². The average Bonchev–Trinajstić information content (AvgIpc) is 3.01. The Hall–Kier alpha value is -1.69. The summed E-state index contributed by atoms with van der Waals surface area (Å²) >= 11 is 0. The fourth-order valence-electron chi connectivity index (χ4n) is 3.17. The van der Waals surface area contributed by atoms with Crippen molar-refractivity contribution in [2.75, 3.05) is 0 Å². The highest BCUT2D eigenvalue weighted by Gasteiger charge is 2.30. The quantitative estimate of drug-likeness (QED) is 0.847. The third-order valence-corrected chi connectivity index (χ3v) is 6.07. The van der Waals surface area contributed by atoms with Gasteiger partial charge in [-0.05, 0) is 37.5 Å². The van der Waals surface area contributed by atoms with E-state index in [2.05, 4.69) is 22.2 Å². The third kappa shape index (κ3) is 4.23. The van der Waals surface area contributed by atoms with Crippen molar-refractivity contribution in [2.45, 2.75) is 49.7 Å². The Morgan fingerprint density at radius 2 is 1.62 bits per heavy atom. The van der Waals surface area contributed by atoms with Gasteiger partial charge in [0.2, 0.25) is 10.0 Å². The Balaban J connectivity index is 1.64. The molecule has 1 fully saturated rings. The van der Waals surface area contributed by atoms with Gasteiger partial charge in [-0.25, -0.2) is 13.1 Å². The minimum absolute atomic E-state index is 0.0555. The van der Waals surface area contributed by atoms with Gasteiger partial charge >= 0.3 is 0 Å². The summed E-state index contributed by atoms with van der Waals surface area (Å²) < 4.78 is 28.0. The minimum Gasteiger partial charge on any atom is -0.308 e. The topological polar surface area (TPSA) is 58.2 Å². The molecule has 2 atom stereocenters. The highest BCUT2D eigenvalue weighted by Crippen LogP contribution is 2.22. The van der Waals surface area contributed by atoms with E-state index in [1.54, 1.807) is 12.1 Å². The van der Waals surface area contributed by atoms with E-state index in [4.69, 9.17) is 0 Å². The van der Waals surface area contributed by atoms with Gasteiger partial charge in [-0.2, -0.15) is 0 Å². The summed E-state index contributed by atoms with van der Waals surface area (Å²) in [6.07, 6.45) is 2.90. The lowest BCUT2D eigenvalue weighted by molar-refractivity contribution is 0.446. The zero-order valence-corrected chi connectivity index (χ0v) is 14.7. The number of benzene rings is 2. The normalized spacial score (nSPS) is 21.0. The summed E-state index contributed by atoms with van der Waals surface area (Å²) in [5.74, 6) is 0. The molecular weight excluding hydrogens is 320 g/mol. The molecule has 1 saturated carbocycles. The zero-order chi connectivity index (χ0) is 17.0. The maximum atomic E-state index is 12.6. The molecule has 0 bridgehead atoms. The van der Waals surface area contributed by atoms with E-state index in [0.29, 0.717) is 4.90 Å². The molecule has 128 valence electrons. The standard InChI is InChI=1S/C19H24N2O2S/c1-15-10-12-17(13-11-15)24(22,23)21-19-9-5-8-18(19)20-14-16-6-3-2-4-7-16/h2-4,6-7,10-13,18-21H,5,8-9,14H2,1H3/t18-,19-/m0/s1. The molecule has 0 aliphatic heterocycles. The van der Waals surface area contributed by atoms with Gasteiger partial charge in [0, 0.05) is 18.6 Å². The molecule has 3 rings (SSSR count). The van der Waals surface area contributed by atoms with E-state index < -0.39 is 10.0 Å². The maximum Gasteiger partial charge on any atom is 0.240 e. The van der Waals surface area contributed by atoms with Crippen molar-refractivity contribution < 1.29 is 8.42 Å². The van der Waals surface area contributed by atoms with Crippen molar-refractivity contribution in [3.05, 3.63) is 65.7 Å². The van der Waals surface area contributed by atoms with Crippen LogP contribution in [0.4, 0.5) is 0 Å². The molecule has 0 unspecified atom stereocenters. The summed E-state index contributed by atoms with van der Waals surface area (Å²) in [4.78, 5) is 0.335. The molecule has 0 radical (unpaired) electrons. The van der Waals surface area contributed by atoms with E-state index in [1.165, 1.54) is 5.56 Å². The van der Waals surface area contributed by atoms with Crippen LogP contribution >= 0.6 is 0 Å². The van der Waals surface area contributed by atoms with Gasteiger partial charge in [-0.3, -0.25) is 0 Å². The zero-order valence-electron chi connectivity index (χ0n) is 13.9. The van der Waals surface area contributed by atoms with Crippen LogP contribution in [0.3, 0.4) is 0 Å².